The maximum Gasteiger partial charge on any atom is 0.0777 e. The van der Waals surface area contributed by atoms with Gasteiger partial charge < -0.3 is 14.7 Å². The number of hydrogen-bond donors (Lipinski definition) is 1. The Morgan fingerprint density at radius 3 is 2.86 bits per heavy atom. The summed E-state index contributed by atoms with van der Waals surface area (Å²) in [5.41, 5.74) is 0.0213. The predicted octanol–water partition coefficient (Wildman–Crippen LogP) is 1.12. The highest BCUT2D eigenvalue weighted by Crippen LogP contribution is 2.24. The molecule has 1 aliphatic heterocycles. The first kappa shape index (κ1) is 12.0. The smallest absolute Gasteiger partial charge is 0.0777 e. The summed E-state index contributed by atoms with van der Waals surface area (Å²) in [6, 6.07) is 0. The highest BCUT2D eigenvalue weighted by atomic mass is 16.5. The van der Waals surface area contributed by atoms with Crippen LogP contribution in [0.4, 0.5) is 0 Å². The summed E-state index contributed by atoms with van der Waals surface area (Å²) in [6.07, 6.45) is 2.34. The van der Waals surface area contributed by atoms with Crippen molar-refractivity contribution in [2.75, 3.05) is 33.4 Å². The normalized spacial score (nSPS) is 31.7. The van der Waals surface area contributed by atoms with E-state index in [1.807, 2.05) is 0 Å². The van der Waals surface area contributed by atoms with Gasteiger partial charge in [-0.15, -0.1) is 0 Å². The van der Waals surface area contributed by atoms with E-state index in [-0.39, 0.29) is 12.2 Å². The van der Waals surface area contributed by atoms with Gasteiger partial charge in [0.05, 0.1) is 5.60 Å². The van der Waals surface area contributed by atoms with E-state index in [9.17, 15) is 0 Å². The fourth-order valence-corrected chi connectivity index (χ4v) is 2.13. The molecule has 0 saturated carbocycles. The van der Waals surface area contributed by atoms with Crippen LogP contribution in [-0.4, -0.2) is 49.0 Å². The summed E-state index contributed by atoms with van der Waals surface area (Å²) in [7, 11) is 1.79. The van der Waals surface area contributed by atoms with Crippen molar-refractivity contribution in [2.24, 2.45) is 5.92 Å². The van der Waals surface area contributed by atoms with Crippen molar-refractivity contribution >= 4 is 0 Å². The molecule has 14 heavy (non-hydrogen) atoms. The molecule has 3 nitrogen and oxygen atoms in total. The molecule has 84 valence electrons. The summed E-state index contributed by atoms with van der Waals surface area (Å²) >= 11 is 0. The van der Waals surface area contributed by atoms with Crippen LogP contribution in [0.25, 0.3) is 0 Å². The molecule has 1 N–H and O–H groups in total. The van der Waals surface area contributed by atoms with Gasteiger partial charge in [0.2, 0.25) is 0 Å². The predicted molar refractivity (Wildman–Crippen MR) is 57.3 cm³/mol. The molecule has 3 heteroatoms. The Bertz CT molecular complexity index is 175. The van der Waals surface area contributed by atoms with Gasteiger partial charge in [-0.05, 0) is 32.2 Å². The molecule has 0 aliphatic carbocycles. The quantitative estimate of drug-likeness (QED) is 0.739. The largest absolute Gasteiger partial charge is 0.396 e. The van der Waals surface area contributed by atoms with Gasteiger partial charge in [0.15, 0.2) is 0 Å². The molecule has 1 fully saturated rings. The van der Waals surface area contributed by atoms with Crippen molar-refractivity contribution in [3.05, 3.63) is 0 Å². The Kier molecular flexibility index (Phi) is 4.35. The zero-order valence-electron chi connectivity index (χ0n) is 9.62. The number of likely N-dealkylation sites (tertiary alicyclic amines) is 1. The Morgan fingerprint density at radius 1 is 1.57 bits per heavy atom. The van der Waals surface area contributed by atoms with Crippen LogP contribution in [0, 0.1) is 5.92 Å². The average Bonchev–Trinajstić information content (AvgIpc) is 2.18. The topological polar surface area (TPSA) is 32.7 Å². The standard InChI is InChI=1S/C11H23NO2/c1-10(8-13)7-12-6-4-5-11(2,9-12)14-3/h10,13H,4-9H2,1-3H3. The second kappa shape index (κ2) is 5.10. The van der Waals surface area contributed by atoms with Crippen molar-refractivity contribution in [3.8, 4) is 0 Å². The van der Waals surface area contributed by atoms with E-state index in [2.05, 4.69) is 18.7 Å². The van der Waals surface area contributed by atoms with Gasteiger partial charge in [0.25, 0.3) is 0 Å². The first-order valence-electron chi connectivity index (χ1n) is 5.48. The molecule has 2 atom stereocenters. The van der Waals surface area contributed by atoms with Gasteiger partial charge in [-0.3, -0.25) is 0 Å². The maximum atomic E-state index is 8.99. The molecule has 1 saturated heterocycles. The highest BCUT2D eigenvalue weighted by Gasteiger charge is 2.30. The van der Waals surface area contributed by atoms with Gasteiger partial charge in [-0.1, -0.05) is 6.92 Å². The SMILES string of the molecule is COC1(C)CCCN(CC(C)CO)C1. The Morgan fingerprint density at radius 2 is 2.29 bits per heavy atom. The molecule has 1 rings (SSSR count). The second-order valence-electron chi connectivity index (χ2n) is 4.78. The summed E-state index contributed by atoms with van der Waals surface area (Å²) in [6.45, 7) is 7.65. The Hall–Kier alpha value is -0.120. The lowest BCUT2D eigenvalue weighted by molar-refractivity contribution is -0.0544. The van der Waals surface area contributed by atoms with E-state index < -0.39 is 0 Å². The zero-order chi connectivity index (χ0) is 10.6. The minimum absolute atomic E-state index is 0.0213. The number of aliphatic hydroxyl groups excluding tert-OH is 1. The minimum atomic E-state index is 0.0213. The fraction of sp³-hybridized carbons (Fsp3) is 1.00. The minimum Gasteiger partial charge on any atom is -0.396 e. The number of piperidine rings is 1. The molecule has 0 bridgehead atoms. The van der Waals surface area contributed by atoms with Crippen LogP contribution >= 0.6 is 0 Å². The van der Waals surface area contributed by atoms with E-state index in [1.165, 1.54) is 6.42 Å². The lowest BCUT2D eigenvalue weighted by atomic mass is 9.94. The van der Waals surface area contributed by atoms with Gasteiger partial charge in [0, 0.05) is 26.8 Å². The summed E-state index contributed by atoms with van der Waals surface area (Å²) in [5, 5.41) is 8.99. The maximum absolute atomic E-state index is 8.99. The molecule has 0 aromatic rings. The average molecular weight is 201 g/mol. The monoisotopic (exact) mass is 201 g/mol. The summed E-state index contributed by atoms with van der Waals surface area (Å²) in [5.74, 6) is 0.370. The highest BCUT2D eigenvalue weighted by molar-refractivity contribution is 4.84. The number of rotatable bonds is 4. The molecule has 1 heterocycles. The number of hydrogen-bond acceptors (Lipinski definition) is 3. The lowest BCUT2D eigenvalue weighted by Gasteiger charge is -2.40. The van der Waals surface area contributed by atoms with Crippen molar-refractivity contribution in [1.82, 2.24) is 4.90 Å². The third-order valence-electron chi connectivity index (χ3n) is 3.11. The molecular weight excluding hydrogens is 178 g/mol. The zero-order valence-corrected chi connectivity index (χ0v) is 9.62. The van der Waals surface area contributed by atoms with E-state index in [1.54, 1.807) is 7.11 Å². The van der Waals surface area contributed by atoms with Crippen LogP contribution in [0.3, 0.4) is 0 Å². The van der Waals surface area contributed by atoms with Crippen LogP contribution in [0.15, 0.2) is 0 Å². The fourth-order valence-electron chi connectivity index (χ4n) is 2.13. The molecular formula is C11H23NO2. The molecule has 0 amide bonds. The van der Waals surface area contributed by atoms with Gasteiger partial charge in [-0.25, -0.2) is 0 Å². The van der Waals surface area contributed by atoms with E-state index in [4.69, 9.17) is 9.84 Å². The van der Waals surface area contributed by atoms with Crippen LogP contribution in [0.2, 0.25) is 0 Å². The van der Waals surface area contributed by atoms with E-state index in [0.29, 0.717) is 5.92 Å². The van der Waals surface area contributed by atoms with E-state index >= 15 is 0 Å². The third-order valence-corrected chi connectivity index (χ3v) is 3.11. The summed E-state index contributed by atoms with van der Waals surface area (Å²) in [4.78, 5) is 2.40. The number of ether oxygens (including phenoxy) is 1. The van der Waals surface area contributed by atoms with Gasteiger partial charge in [-0.2, -0.15) is 0 Å². The van der Waals surface area contributed by atoms with Gasteiger partial charge >= 0.3 is 0 Å². The Balaban J connectivity index is 2.40. The number of methoxy groups -OCH3 is 1. The van der Waals surface area contributed by atoms with Crippen LogP contribution in [0.5, 0.6) is 0 Å². The lowest BCUT2D eigenvalue weighted by Crippen LogP contribution is -2.48. The van der Waals surface area contributed by atoms with Gasteiger partial charge in [0.1, 0.15) is 0 Å². The Labute approximate surface area is 87.1 Å². The molecule has 2 unspecified atom stereocenters. The third kappa shape index (κ3) is 3.23. The van der Waals surface area contributed by atoms with Crippen molar-refractivity contribution in [1.29, 1.82) is 0 Å². The molecule has 0 aromatic heterocycles. The number of aliphatic hydroxyl groups is 1. The van der Waals surface area contributed by atoms with Crippen molar-refractivity contribution < 1.29 is 9.84 Å². The number of nitrogens with zero attached hydrogens (tertiary/aromatic N) is 1. The second-order valence-corrected chi connectivity index (χ2v) is 4.78. The van der Waals surface area contributed by atoms with Crippen molar-refractivity contribution in [2.45, 2.75) is 32.3 Å². The summed E-state index contributed by atoms with van der Waals surface area (Å²) < 4.78 is 5.52. The van der Waals surface area contributed by atoms with Crippen LogP contribution in [0.1, 0.15) is 26.7 Å². The van der Waals surface area contributed by atoms with Crippen LogP contribution < -0.4 is 0 Å². The molecule has 0 radical (unpaired) electrons. The van der Waals surface area contributed by atoms with E-state index in [0.717, 1.165) is 26.1 Å². The molecule has 0 spiro atoms. The first-order valence-corrected chi connectivity index (χ1v) is 5.48. The van der Waals surface area contributed by atoms with Crippen LogP contribution in [-0.2, 0) is 4.74 Å². The van der Waals surface area contributed by atoms with Crippen molar-refractivity contribution in [3.63, 3.8) is 0 Å². The molecule has 1 aliphatic rings. The first-order chi connectivity index (χ1) is 6.59. The molecule has 0 aromatic carbocycles.